The van der Waals surface area contributed by atoms with Gasteiger partial charge in [0.25, 0.3) is 0 Å². The summed E-state index contributed by atoms with van der Waals surface area (Å²) in [6.07, 6.45) is 3.41. The van der Waals surface area contributed by atoms with E-state index in [1.807, 2.05) is 24.3 Å². The van der Waals surface area contributed by atoms with Crippen molar-refractivity contribution in [3.05, 3.63) is 42.2 Å². The third kappa shape index (κ3) is 1.46. The minimum Gasteiger partial charge on any atom is -0.493 e. The minimum atomic E-state index is -0.541. The van der Waals surface area contributed by atoms with Crippen molar-refractivity contribution in [2.45, 2.75) is 18.9 Å². The maximum atomic E-state index is 11.7. The van der Waals surface area contributed by atoms with Gasteiger partial charge in [-0.1, -0.05) is 25.1 Å². The van der Waals surface area contributed by atoms with Crippen molar-refractivity contribution in [1.29, 1.82) is 0 Å². The van der Waals surface area contributed by atoms with E-state index in [0.29, 0.717) is 13.0 Å². The van der Waals surface area contributed by atoms with E-state index in [2.05, 4.69) is 6.92 Å². The molecule has 3 rings (SSSR count). The molecule has 88 valence electrons. The Kier molecular flexibility index (Phi) is 2.21. The predicted molar refractivity (Wildman–Crippen MR) is 62.6 cm³/mol. The standard InChI is InChI=1S/C14H14O3/c1-10-9-16-13-5-3-2-4-12(13)14(10)8-11(15)6-7-17-14/h2-7,10H,8-9H2,1H3. The Morgan fingerprint density at radius 2 is 2.18 bits per heavy atom. The van der Waals surface area contributed by atoms with Gasteiger partial charge >= 0.3 is 0 Å². The average Bonchev–Trinajstić information content (AvgIpc) is 2.35. The first-order valence-corrected chi connectivity index (χ1v) is 5.82. The molecule has 0 saturated carbocycles. The van der Waals surface area contributed by atoms with E-state index in [-0.39, 0.29) is 11.7 Å². The number of allylic oxidation sites excluding steroid dienone is 1. The van der Waals surface area contributed by atoms with Crippen LogP contribution in [0.5, 0.6) is 5.75 Å². The zero-order chi connectivity index (χ0) is 11.9. The van der Waals surface area contributed by atoms with Crippen molar-refractivity contribution < 1.29 is 14.3 Å². The molecule has 0 saturated heterocycles. The summed E-state index contributed by atoms with van der Waals surface area (Å²) in [4.78, 5) is 11.7. The highest BCUT2D eigenvalue weighted by atomic mass is 16.5. The van der Waals surface area contributed by atoms with E-state index >= 15 is 0 Å². The van der Waals surface area contributed by atoms with Crippen molar-refractivity contribution in [2.75, 3.05) is 6.61 Å². The molecule has 17 heavy (non-hydrogen) atoms. The number of hydrogen-bond acceptors (Lipinski definition) is 3. The van der Waals surface area contributed by atoms with Crippen LogP contribution in [0.25, 0.3) is 0 Å². The largest absolute Gasteiger partial charge is 0.493 e. The number of ether oxygens (including phenoxy) is 2. The summed E-state index contributed by atoms with van der Waals surface area (Å²) in [5.74, 6) is 1.10. The molecule has 1 spiro atoms. The normalized spacial score (nSPS) is 30.6. The van der Waals surface area contributed by atoms with Gasteiger partial charge in [-0.25, -0.2) is 0 Å². The molecule has 0 fully saturated rings. The summed E-state index contributed by atoms with van der Waals surface area (Å²) in [7, 11) is 0. The molecule has 3 heteroatoms. The molecule has 0 aromatic heterocycles. The summed E-state index contributed by atoms with van der Waals surface area (Å²) in [5.41, 5.74) is 0.442. The van der Waals surface area contributed by atoms with Gasteiger partial charge in [-0.3, -0.25) is 4.79 Å². The SMILES string of the molecule is CC1COc2ccccc2C12CC(=O)C=CO2. The fourth-order valence-corrected chi connectivity index (χ4v) is 2.60. The number of carbonyl (C=O) groups excluding carboxylic acids is 1. The zero-order valence-corrected chi connectivity index (χ0v) is 9.68. The summed E-state index contributed by atoms with van der Waals surface area (Å²) < 4.78 is 11.5. The molecule has 3 nitrogen and oxygen atoms in total. The first-order valence-electron chi connectivity index (χ1n) is 5.82. The molecule has 2 atom stereocenters. The highest BCUT2D eigenvalue weighted by Crippen LogP contribution is 2.46. The Bertz CT molecular complexity index is 492. The Morgan fingerprint density at radius 1 is 1.35 bits per heavy atom. The van der Waals surface area contributed by atoms with Gasteiger partial charge in [-0.05, 0) is 6.07 Å². The Labute approximate surface area is 100 Å². The van der Waals surface area contributed by atoms with Crippen molar-refractivity contribution in [1.82, 2.24) is 0 Å². The van der Waals surface area contributed by atoms with Crippen LogP contribution in [0.15, 0.2) is 36.6 Å². The lowest BCUT2D eigenvalue weighted by atomic mass is 9.76. The molecule has 1 aromatic carbocycles. The predicted octanol–water partition coefficient (Wildman–Crippen LogP) is 2.41. The van der Waals surface area contributed by atoms with E-state index in [0.717, 1.165) is 11.3 Å². The van der Waals surface area contributed by atoms with Crippen LogP contribution in [-0.4, -0.2) is 12.4 Å². The molecule has 0 N–H and O–H groups in total. The quantitative estimate of drug-likeness (QED) is 0.686. The van der Waals surface area contributed by atoms with Gasteiger partial charge in [-0.2, -0.15) is 0 Å². The van der Waals surface area contributed by atoms with Crippen molar-refractivity contribution in [3.8, 4) is 5.75 Å². The number of rotatable bonds is 0. The minimum absolute atomic E-state index is 0.111. The van der Waals surface area contributed by atoms with Gasteiger partial charge in [0, 0.05) is 17.6 Å². The summed E-state index contributed by atoms with van der Waals surface area (Å²) in [6.45, 7) is 2.64. The summed E-state index contributed by atoms with van der Waals surface area (Å²) in [5, 5.41) is 0. The fraction of sp³-hybridized carbons (Fsp3) is 0.357. The van der Waals surface area contributed by atoms with Gasteiger partial charge in [-0.15, -0.1) is 0 Å². The number of para-hydroxylation sites is 1. The van der Waals surface area contributed by atoms with E-state index in [1.165, 1.54) is 12.3 Å². The van der Waals surface area contributed by atoms with Gasteiger partial charge in [0.1, 0.15) is 11.4 Å². The molecule has 2 aliphatic heterocycles. The molecular formula is C14H14O3. The first-order chi connectivity index (χ1) is 8.22. The molecular weight excluding hydrogens is 216 g/mol. The Balaban J connectivity index is 2.15. The number of benzene rings is 1. The zero-order valence-electron chi connectivity index (χ0n) is 9.68. The lowest BCUT2D eigenvalue weighted by Gasteiger charge is -2.43. The molecule has 2 aliphatic rings. The second-order valence-electron chi connectivity index (χ2n) is 4.66. The van der Waals surface area contributed by atoms with Gasteiger partial charge < -0.3 is 9.47 Å². The van der Waals surface area contributed by atoms with Crippen LogP contribution in [0.3, 0.4) is 0 Å². The Morgan fingerprint density at radius 3 is 3.00 bits per heavy atom. The highest BCUT2D eigenvalue weighted by molar-refractivity contribution is 5.91. The number of fused-ring (bicyclic) bond motifs is 2. The van der Waals surface area contributed by atoms with Gasteiger partial charge in [0.15, 0.2) is 5.78 Å². The molecule has 0 bridgehead atoms. The third-order valence-corrected chi connectivity index (χ3v) is 3.60. The average molecular weight is 230 g/mol. The molecule has 0 amide bonds. The number of carbonyl (C=O) groups is 1. The molecule has 2 unspecified atom stereocenters. The van der Waals surface area contributed by atoms with Crippen LogP contribution in [0.2, 0.25) is 0 Å². The van der Waals surface area contributed by atoms with E-state index in [4.69, 9.17) is 9.47 Å². The fourth-order valence-electron chi connectivity index (χ4n) is 2.60. The van der Waals surface area contributed by atoms with E-state index in [1.54, 1.807) is 0 Å². The second-order valence-corrected chi connectivity index (χ2v) is 4.66. The number of ketones is 1. The smallest absolute Gasteiger partial charge is 0.163 e. The van der Waals surface area contributed by atoms with Crippen molar-refractivity contribution in [3.63, 3.8) is 0 Å². The highest BCUT2D eigenvalue weighted by Gasteiger charge is 2.47. The van der Waals surface area contributed by atoms with Crippen LogP contribution in [-0.2, 0) is 15.1 Å². The third-order valence-electron chi connectivity index (χ3n) is 3.60. The maximum Gasteiger partial charge on any atom is 0.163 e. The number of hydrogen-bond donors (Lipinski definition) is 0. The van der Waals surface area contributed by atoms with Crippen LogP contribution < -0.4 is 4.74 Å². The summed E-state index contributed by atoms with van der Waals surface area (Å²) >= 11 is 0. The second kappa shape index (κ2) is 3.62. The van der Waals surface area contributed by atoms with Crippen molar-refractivity contribution >= 4 is 5.78 Å². The van der Waals surface area contributed by atoms with E-state index < -0.39 is 5.60 Å². The lowest BCUT2D eigenvalue weighted by molar-refractivity contribution is -0.130. The molecule has 1 aromatic rings. The Hall–Kier alpha value is -1.77. The van der Waals surface area contributed by atoms with Crippen LogP contribution >= 0.6 is 0 Å². The van der Waals surface area contributed by atoms with Crippen LogP contribution in [0.1, 0.15) is 18.9 Å². The first kappa shape index (κ1) is 10.4. The van der Waals surface area contributed by atoms with Crippen LogP contribution in [0.4, 0.5) is 0 Å². The molecule has 0 radical (unpaired) electrons. The van der Waals surface area contributed by atoms with E-state index in [9.17, 15) is 4.79 Å². The maximum absolute atomic E-state index is 11.7. The van der Waals surface area contributed by atoms with Crippen molar-refractivity contribution in [2.24, 2.45) is 5.92 Å². The van der Waals surface area contributed by atoms with Gasteiger partial charge in [0.2, 0.25) is 0 Å². The van der Waals surface area contributed by atoms with Crippen LogP contribution in [0, 0.1) is 5.92 Å². The topological polar surface area (TPSA) is 35.5 Å². The monoisotopic (exact) mass is 230 g/mol. The lowest BCUT2D eigenvalue weighted by Crippen LogP contribution is -2.45. The molecule has 2 heterocycles. The molecule has 0 aliphatic carbocycles. The van der Waals surface area contributed by atoms with Gasteiger partial charge in [0.05, 0.1) is 19.3 Å². The summed E-state index contributed by atoms with van der Waals surface area (Å²) in [6, 6.07) is 7.80.